The van der Waals surface area contributed by atoms with Gasteiger partial charge in [-0.3, -0.25) is 4.98 Å². The van der Waals surface area contributed by atoms with Crippen LogP contribution in [0, 0.1) is 0 Å². The van der Waals surface area contributed by atoms with Crippen molar-refractivity contribution in [3.05, 3.63) is 77.8 Å². The van der Waals surface area contributed by atoms with Gasteiger partial charge < -0.3 is 27.2 Å². The Morgan fingerprint density at radius 2 is 1.88 bits per heavy atom. The molecule has 1 aromatic carbocycles. The van der Waals surface area contributed by atoms with Crippen LogP contribution in [0.5, 0.6) is 0 Å². The van der Waals surface area contributed by atoms with E-state index < -0.39 is 6.10 Å². The van der Waals surface area contributed by atoms with Gasteiger partial charge in [0.15, 0.2) is 0 Å². The number of benzene rings is 1. The van der Waals surface area contributed by atoms with E-state index in [0.717, 1.165) is 34.8 Å². The molecule has 4 nitrogen and oxygen atoms in total. The molecule has 0 bridgehead atoms. The van der Waals surface area contributed by atoms with Gasteiger partial charge in [0.1, 0.15) is 11.5 Å². The Hall–Kier alpha value is -2.14. The van der Waals surface area contributed by atoms with E-state index in [1.165, 1.54) is 0 Å². The van der Waals surface area contributed by atoms with Crippen LogP contribution in [0.25, 0.3) is 11.3 Å². The number of furan rings is 1. The van der Waals surface area contributed by atoms with Gasteiger partial charge in [0.2, 0.25) is 0 Å². The lowest BCUT2D eigenvalue weighted by Gasteiger charge is -2.05. The first kappa shape index (κ1) is 18.2. The Morgan fingerprint density at radius 1 is 1.08 bits per heavy atom. The Kier molecular flexibility index (Phi) is 6.55. The summed E-state index contributed by atoms with van der Waals surface area (Å²) < 4.78 is 5.87. The number of hydrogen-bond acceptors (Lipinski definition) is 4. The summed E-state index contributed by atoms with van der Waals surface area (Å²) in [5, 5.41) is 12.9. The average molecular weight is 344 g/mol. The number of aliphatic hydroxyl groups is 1. The fraction of sp³-hybridized carbons (Fsp3) is 0.211. The molecule has 24 heavy (non-hydrogen) atoms. The van der Waals surface area contributed by atoms with E-state index in [2.05, 4.69) is 10.3 Å². The van der Waals surface area contributed by atoms with Crippen LogP contribution < -0.4 is 17.7 Å². The number of aliphatic hydroxyl groups excluding tert-OH is 1. The van der Waals surface area contributed by atoms with Crippen LogP contribution in [0.2, 0.25) is 0 Å². The van der Waals surface area contributed by atoms with E-state index in [-0.39, 0.29) is 12.4 Å². The van der Waals surface area contributed by atoms with Crippen molar-refractivity contribution in [2.24, 2.45) is 0 Å². The maximum Gasteiger partial charge on any atom is 0.134 e. The van der Waals surface area contributed by atoms with E-state index in [1.807, 2.05) is 54.7 Å². The third-order valence-corrected chi connectivity index (χ3v) is 3.69. The minimum Gasteiger partial charge on any atom is -1.00 e. The molecule has 1 atom stereocenters. The lowest BCUT2D eigenvalue weighted by Crippen LogP contribution is -3.00. The molecule has 0 aliphatic rings. The highest BCUT2D eigenvalue weighted by atomic mass is 35.5. The summed E-state index contributed by atoms with van der Waals surface area (Å²) in [7, 11) is 0. The predicted molar refractivity (Wildman–Crippen MR) is 89.6 cm³/mol. The van der Waals surface area contributed by atoms with E-state index in [9.17, 15) is 5.11 Å². The summed E-state index contributed by atoms with van der Waals surface area (Å²) in [6, 6.07) is 15.7. The van der Waals surface area contributed by atoms with Crippen molar-refractivity contribution in [3.8, 4) is 11.3 Å². The van der Waals surface area contributed by atoms with E-state index in [4.69, 9.17) is 4.42 Å². The summed E-state index contributed by atoms with van der Waals surface area (Å²) >= 11 is 0. The van der Waals surface area contributed by atoms with Gasteiger partial charge in [-0.05, 0) is 36.2 Å². The summed E-state index contributed by atoms with van der Waals surface area (Å²) in [6.45, 7) is 3.18. The van der Waals surface area contributed by atoms with Crippen LogP contribution in [-0.4, -0.2) is 10.1 Å². The number of rotatable bonds is 6. The van der Waals surface area contributed by atoms with Gasteiger partial charge in [0.25, 0.3) is 0 Å². The molecule has 0 saturated heterocycles. The zero-order valence-electron chi connectivity index (χ0n) is 13.4. The number of aromatic nitrogens is 1. The highest BCUT2D eigenvalue weighted by molar-refractivity contribution is 5.58. The molecule has 3 rings (SSSR count). The van der Waals surface area contributed by atoms with Gasteiger partial charge in [-0.15, -0.1) is 0 Å². The quantitative estimate of drug-likeness (QED) is 0.691. The van der Waals surface area contributed by atoms with Crippen molar-refractivity contribution in [2.75, 3.05) is 0 Å². The number of pyridine rings is 1. The Balaban J connectivity index is 0.00000208. The molecule has 0 aliphatic carbocycles. The first-order chi connectivity index (χ1) is 11.2. The maximum absolute atomic E-state index is 9.54. The molecule has 1 unspecified atom stereocenters. The predicted octanol–water partition coefficient (Wildman–Crippen LogP) is 0.689. The molecule has 0 aliphatic heterocycles. The van der Waals surface area contributed by atoms with Crippen LogP contribution in [0.15, 0.2) is 65.3 Å². The number of halogens is 1. The monoisotopic (exact) mass is 343 g/mol. The highest BCUT2D eigenvalue weighted by Gasteiger charge is 2.06. The number of nitrogens with zero attached hydrogens (tertiary/aromatic N) is 1. The molecule has 2 N–H and O–H groups in total. The fourth-order valence-corrected chi connectivity index (χ4v) is 2.39. The van der Waals surface area contributed by atoms with E-state index in [0.29, 0.717) is 6.54 Å². The molecule has 126 valence electrons. The van der Waals surface area contributed by atoms with Gasteiger partial charge in [-0.1, -0.05) is 30.3 Å². The minimum absolute atomic E-state index is 0. The van der Waals surface area contributed by atoms with E-state index >= 15 is 0 Å². The zero-order chi connectivity index (χ0) is 16.1. The summed E-state index contributed by atoms with van der Waals surface area (Å²) in [6.07, 6.45) is 3.17. The standard InChI is InChI=1S/C19H20N2O2.ClH/c1-14(22)16-4-6-17(7-5-16)19-9-8-18(23-19)13-21-12-15-3-2-10-20-11-15;/h2-11,14,21-22H,12-13H2,1H3;1H/p-1. The van der Waals surface area contributed by atoms with Crippen molar-refractivity contribution >= 4 is 0 Å². The van der Waals surface area contributed by atoms with Crippen molar-refractivity contribution < 1.29 is 21.9 Å². The second kappa shape index (κ2) is 8.64. The highest BCUT2D eigenvalue weighted by Crippen LogP contribution is 2.24. The Morgan fingerprint density at radius 3 is 2.54 bits per heavy atom. The summed E-state index contributed by atoms with van der Waals surface area (Å²) in [5.74, 6) is 1.73. The molecule has 0 spiro atoms. The van der Waals surface area contributed by atoms with Crippen molar-refractivity contribution in [1.29, 1.82) is 0 Å². The van der Waals surface area contributed by atoms with Gasteiger partial charge in [0, 0.05) is 24.5 Å². The molecular weight excluding hydrogens is 324 g/mol. The number of nitrogens with one attached hydrogen (secondary N) is 1. The van der Waals surface area contributed by atoms with Crippen LogP contribution in [0.4, 0.5) is 0 Å². The normalized spacial score (nSPS) is 11.8. The second-order valence-electron chi connectivity index (χ2n) is 5.53. The second-order valence-corrected chi connectivity index (χ2v) is 5.53. The molecule has 0 radical (unpaired) electrons. The smallest absolute Gasteiger partial charge is 0.134 e. The first-order valence-corrected chi connectivity index (χ1v) is 7.69. The van der Waals surface area contributed by atoms with E-state index in [1.54, 1.807) is 13.1 Å². The fourth-order valence-electron chi connectivity index (χ4n) is 2.39. The van der Waals surface area contributed by atoms with Crippen molar-refractivity contribution in [2.45, 2.75) is 26.1 Å². The van der Waals surface area contributed by atoms with Gasteiger partial charge in [-0.2, -0.15) is 0 Å². The molecular formula is C19H20ClN2O2-. The largest absolute Gasteiger partial charge is 1.00 e. The van der Waals surface area contributed by atoms with Crippen molar-refractivity contribution in [1.82, 2.24) is 10.3 Å². The molecule has 5 heteroatoms. The minimum atomic E-state index is -0.451. The third-order valence-electron chi connectivity index (χ3n) is 3.69. The lowest BCUT2D eigenvalue weighted by molar-refractivity contribution is -0.00000722. The maximum atomic E-state index is 9.54. The zero-order valence-corrected chi connectivity index (χ0v) is 14.2. The van der Waals surface area contributed by atoms with Crippen LogP contribution in [0.3, 0.4) is 0 Å². The van der Waals surface area contributed by atoms with Crippen molar-refractivity contribution in [3.63, 3.8) is 0 Å². The summed E-state index contributed by atoms with van der Waals surface area (Å²) in [5.41, 5.74) is 3.06. The molecule has 0 amide bonds. The van der Waals surface area contributed by atoms with Crippen LogP contribution in [0.1, 0.15) is 29.9 Å². The lowest BCUT2D eigenvalue weighted by atomic mass is 10.1. The van der Waals surface area contributed by atoms with Gasteiger partial charge in [0.05, 0.1) is 12.6 Å². The third kappa shape index (κ3) is 4.68. The molecule has 2 heterocycles. The van der Waals surface area contributed by atoms with Gasteiger partial charge in [-0.25, -0.2) is 0 Å². The van der Waals surface area contributed by atoms with Crippen LogP contribution >= 0.6 is 0 Å². The number of hydrogen-bond donors (Lipinski definition) is 2. The first-order valence-electron chi connectivity index (χ1n) is 7.69. The Labute approximate surface area is 148 Å². The molecule has 2 aromatic heterocycles. The molecule has 0 saturated carbocycles. The van der Waals surface area contributed by atoms with Crippen LogP contribution in [-0.2, 0) is 13.1 Å². The SMILES string of the molecule is CC(O)c1ccc(-c2ccc(CNCc3cccnc3)o2)cc1.[Cl-]. The molecule has 0 fully saturated rings. The Bertz CT molecular complexity index is 740. The van der Waals surface area contributed by atoms with Gasteiger partial charge >= 0.3 is 0 Å². The molecule has 3 aromatic rings. The topological polar surface area (TPSA) is 58.3 Å². The average Bonchev–Trinajstić information content (AvgIpc) is 3.05. The summed E-state index contributed by atoms with van der Waals surface area (Å²) in [4.78, 5) is 4.09.